The Morgan fingerprint density at radius 2 is 1.73 bits per heavy atom. The van der Waals surface area contributed by atoms with Gasteiger partial charge in [-0.3, -0.25) is 9.47 Å². The number of ether oxygens (including phenoxy) is 2. The van der Waals surface area contributed by atoms with Crippen molar-refractivity contribution < 1.29 is 18.7 Å². The van der Waals surface area contributed by atoms with Gasteiger partial charge in [-0.2, -0.15) is 0 Å². The predicted octanol–water partition coefficient (Wildman–Crippen LogP) is 3.90. The molecule has 1 aromatic heterocycles. The number of aromatic nitrogens is 3. The Kier molecular flexibility index (Phi) is 7.17. The molecule has 33 heavy (non-hydrogen) atoms. The van der Waals surface area contributed by atoms with Crippen molar-refractivity contribution in [3.8, 4) is 11.4 Å². The van der Waals surface area contributed by atoms with Crippen LogP contribution in [0.3, 0.4) is 0 Å². The van der Waals surface area contributed by atoms with Gasteiger partial charge in [0.15, 0.2) is 11.6 Å². The van der Waals surface area contributed by atoms with Crippen molar-refractivity contribution >= 4 is 6.09 Å². The summed E-state index contributed by atoms with van der Waals surface area (Å²) in [5, 5.41) is 7.49. The molecule has 2 aromatic rings. The summed E-state index contributed by atoms with van der Waals surface area (Å²) in [7, 11) is 0. The maximum absolute atomic E-state index is 14.5. The van der Waals surface area contributed by atoms with Crippen molar-refractivity contribution in [2.75, 3.05) is 32.8 Å². The molecule has 9 heteroatoms. The maximum atomic E-state index is 14.5. The Morgan fingerprint density at radius 3 is 2.33 bits per heavy atom. The van der Waals surface area contributed by atoms with E-state index in [4.69, 9.17) is 9.47 Å². The number of halogens is 1. The molecular formula is C24H34FN5O3. The van der Waals surface area contributed by atoms with E-state index in [9.17, 15) is 9.18 Å². The Hall–Kier alpha value is -2.68. The van der Waals surface area contributed by atoms with Gasteiger partial charge in [-0.25, -0.2) is 9.18 Å². The monoisotopic (exact) mass is 459 g/mol. The number of carbonyl (C=O) groups excluding carboxylic acids is 1. The Balaban J connectivity index is 1.19. The molecule has 0 spiro atoms. The molecule has 2 heterocycles. The largest absolute Gasteiger partial charge is 0.490 e. The van der Waals surface area contributed by atoms with Crippen LogP contribution in [0.15, 0.2) is 30.9 Å². The maximum Gasteiger partial charge on any atom is 0.410 e. The first kappa shape index (κ1) is 23.5. The Morgan fingerprint density at radius 1 is 1.06 bits per heavy atom. The van der Waals surface area contributed by atoms with Crippen LogP contribution < -0.4 is 4.74 Å². The highest BCUT2D eigenvalue weighted by atomic mass is 19.1. The van der Waals surface area contributed by atoms with Crippen molar-refractivity contribution in [2.45, 2.75) is 58.1 Å². The van der Waals surface area contributed by atoms with Crippen molar-refractivity contribution in [3.63, 3.8) is 0 Å². The van der Waals surface area contributed by atoms with E-state index in [0.717, 1.165) is 38.8 Å². The molecule has 1 amide bonds. The van der Waals surface area contributed by atoms with Gasteiger partial charge in [0.2, 0.25) is 0 Å². The second kappa shape index (κ2) is 10.1. The highest BCUT2D eigenvalue weighted by molar-refractivity contribution is 5.68. The lowest BCUT2D eigenvalue weighted by molar-refractivity contribution is 0.00652. The van der Waals surface area contributed by atoms with Gasteiger partial charge in [0.1, 0.15) is 18.3 Å². The lowest BCUT2D eigenvalue weighted by Gasteiger charge is -2.42. The molecule has 0 N–H and O–H groups in total. The molecule has 1 aliphatic carbocycles. The molecule has 180 valence electrons. The molecule has 0 bridgehead atoms. The second-order valence-corrected chi connectivity index (χ2v) is 9.97. The fourth-order valence-corrected chi connectivity index (χ4v) is 4.58. The Labute approximate surface area is 194 Å². The van der Waals surface area contributed by atoms with Gasteiger partial charge in [-0.1, -0.05) is 0 Å². The molecular weight excluding hydrogens is 425 g/mol. The topological polar surface area (TPSA) is 72.7 Å². The van der Waals surface area contributed by atoms with Gasteiger partial charge < -0.3 is 14.4 Å². The van der Waals surface area contributed by atoms with Crippen LogP contribution in [0.5, 0.6) is 5.75 Å². The van der Waals surface area contributed by atoms with E-state index >= 15 is 0 Å². The summed E-state index contributed by atoms with van der Waals surface area (Å²) in [5.41, 5.74) is 0.203. The molecule has 1 aromatic carbocycles. The molecule has 0 unspecified atom stereocenters. The van der Waals surface area contributed by atoms with Gasteiger partial charge in [0.05, 0.1) is 12.3 Å². The van der Waals surface area contributed by atoms with Crippen LogP contribution in [0.1, 0.15) is 46.5 Å². The molecule has 4 rings (SSSR count). The van der Waals surface area contributed by atoms with Gasteiger partial charge in [-0.05, 0) is 64.5 Å². The minimum absolute atomic E-state index is 0.218. The average molecular weight is 460 g/mol. The lowest BCUT2D eigenvalue weighted by atomic mass is 9.85. The summed E-state index contributed by atoms with van der Waals surface area (Å²) in [5.74, 6) is 0.339. The summed E-state index contributed by atoms with van der Waals surface area (Å²) in [6, 6.07) is 5.45. The number of piperazine rings is 1. The molecule has 8 nitrogen and oxygen atoms in total. The zero-order chi connectivity index (χ0) is 23.4. The average Bonchev–Trinajstić information content (AvgIpc) is 3.33. The van der Waals surface area contributed by atoms with Crippen molar-refractivity contribution in [1.82, 2.24) is 24.6 Å². The third-order valence-electron chi connectivity index (χ3n) is 6.41. The number of nitrogens with zero attached hydrogens (tertiary/aromatic N) is 5. The van der Waals surface area contributed by atoms with E-state index in [2.05, 4.69) is 15.1 Å². The van der Waals surface area contributed by atoms with Gasteiger partial charge in [0, 0.05) is 38.3 Å². The molecule has 1 aliphatic heterocycles. The summed E-state index contributed by atoms with van der Waals surface area (Å²) in [4.78, 5) is 16.6. The van der Waals surface area contributed by atoms with Gasteiger partial charge in [0.25, 0.3) is 0 Å². The first-order valence-corrected chi connectivity index (χ1v) is 11.8. The van der Waals surface area contributed by atoms with Gasteiger partial charge in [-0.15, -0.1) is 10.2 Å². The van der Waals surface area contributed by atoms with Crippen LogP contribution >= 0.6 is 0 Å². The van der Waals surface area contributed by atoms with E-state index in [0.29, 0.717) is 37.3 Å². The molecule has 2 aliphatic rings. The minimum atomic E-state index is -0.461. The van der Waals surface area contributed by atoms with Crippen molar-refractivity contribution in [2.24, 2.45) is 5.92 Å². The fourth-order valence-electron chi connectivity index (χ4n) is 4.58. The fraction of sp³-hybridized carbons (Fsp3) is 0.625. The van der Waals surface area contributed by atoms with Crippen LogP contribution in [0.4, 0.5) is 9.18 Å². The summed E-state index contributed by atoms with van der Waals surface area (Å²) >= 11 is 0. The number of rotatable bonds is 5. The third kappa shape index (κ3) is 6.22. The molecule has 0 radical (unpaired) electrons. The van der Waals surface area contributed by atoms with Crippen LogP contribution in [0, 0.1) is 11.7 Å². The summed E-state index contributed by atoms with van der Waals surface area (Å²) in [6.45, 7) is 9.40. The van der Waals surface area contributed by atoms with E-state index in [1.807, 2.05) is 25.7 Å². The second-order valence-electron chi connectivity index (χ2n) is 9.97. The highest BCUT2D eigenvalue weighted by Crippen LogP contribution is 2.30. The number of hydrogen-bond acceptors (Lipinski definition) is 6. The third-order valence-corrected chi connectivity index (χ3v) is 6.41. The minimum Gasteiger partial charge on any atom is -0.490 e. The van der Waals surface area contributed by atoms with Crippen molar-refractivity contribution in [1.29, 1.82) is 0 Å². The first-order chi connectivity index (χ1) is 15.8. The predicted molar refractivity (Wildman–Crippen MR) is 122 cm³/mol. The summed E-state index contributed by atoms with van der Waals surface area (Å²) in [6.07, 6.45) is 7.20. The zero-order valence-electron chi connectivity index (χ0n) is 19.7. The Bertz CT molecular complexity index is 915. The number of hydrogen-bond donors (Lipinski definition) is 0. The molecule has 0 atom stereocenters. The number of carbonyl (C=O) groups is 1. The molecule has 1 saturated carbocycles. The SMILES string of the molecule is CC(C)(C)OC(=O)N1CCN([C@H]2CC[C@H](COc3ccc(-n4cnnc4)cc3F)CC2)CC1. The van der Waals surface area contributed by atoms with E-state index < -0.39 is 5.60 Å². The lowest BCUT2D eigenvalue weighted by Crippen LogP contribution is -2.53. The van der Waals surface area contributed by atoms with E-state index in [1.165, 1.54) is 18.7 Å². The standard InChI is InChI=1S/C24H34FN5O3/c1-24(2,3)33-23(31)29-12-10-28(11-13-29)19-6-4-18(5-7-19)15-32-22-9-8-20(14-21(22)25)30-16-26-27-17-30/h8-9,14,16-19H,4-7,10-13,15H2,1-3H3/t18-,19-. The molecule has 1 saturated heterocycles. The zero-order valence-corrected chi connectivity index (χ0v) is 19.7. The van der Waals surface area contributed by atoms with Gasteiger partial charge >= 0.3 is 6.09 Å². The van der Waals surface area contributed by atoms with E-state index in [-0.39, 0.29) is 17.7 Å². The van der Waals surface area contributed by atoms with Crippen LogP contribution in [-0.2, 0) is 4.74 Å². The van der Waals surface area contributed by atoms with Crippen LogP contribution in [0.25, 0.3) is 5.69 Å². The first-order valence-electron chi connectivity index (χ1n) is 11.8. The number of amides is 1. The van der Waals surface area contributed by atoms with Crippen molar-refractivity contribution in [3.05, 3.63) is 36.7 Å². The van der Waals surface area contributed by atoms with E-state index in [1.54, 1.807) is 16.7 Å². The smallest absolute Gasteiger partial charge is 0.410 e. The molecule has 2 fully saturated rings. The van der Waals surface area contributed by atoms with Crippen LogP contribution in [-0.4, -0.2) is 75.1 Å². The van der Waals surface area contributed by atoms with Crippen LogP contribution in [0.2, 0.25) is 0 Å². The normalized spacial score (nSPS) is 22.2. The summed E-state index contributed by atoms with van der Waals surface area (Å²) < 4.78 is 27.4. The number of benzene rings is 1. The highest BCUT2D eigenvalue weighted by Gasteiger charge is 2.31. The quantitative estimate of drug-likeness (QED) is 0.675.